The van der Waals surface area contributed by atoms with Crippen LogP contribution < -0.4 is 5.32 Å². The van der Waals surface area contributed by atoms with Crippen molar-refractivity contribution < 1.29 is 0 Å². The van der Waals surface area contributed by atoms with Gasteiger partial charge in [0.15, 0.2) is 5.13 Å². The van der Waals surface area contributed by atoms with Crippen LogP contribution in [0.5, 0.6) is 0 Å². The fourth-order valence-corrected chi connectivity index (χ4v) is 2.54. The molecule has 1 saturated carbocycles. The van der Waals surface area contributed by atoms with Crippen molar-refractivity contribution in [2.24, 2.45) is 0 Å². The number of nitrogens with zero attached hydrogens (tertiary/aromatic N) is 1. The first-order valence-corrected chi connectivity index (χ1v) is 5.77. The molecular formula is C11H12N2S. The van der Waals surface area contributed by atoms with Gasteiger partial charge in [-0.15, -0.1) is 0 Å². The molecule has 0 unspecified atom stereocenters. The maximum atomic E-state index is 4.54. The highest BCUT2D eigenvalue weighted by molar-refractivity contribution is 7.22. The zero-order valence-electron chi connectivity index (χ0n) is 8.08. The monoisotopic (exact) mass is 204 g/mol. The average Bonchev–Trinajstić information content (AvgIpc) is 2.84. The minimum absolute atomic E-state index is 0.691. The lowest BCUT2D eigenvalue weighted by Gasteiger charge is -1.94. The SMILES string of the molecule is Cc1ccc2nc(NC3CC3)sc2c1. The zero-order chi connectivity index (χ0) is 9.54. The molecule has 1 heterocycles. The molecular weight excluding hydrogens is 192 g/mol. The summed E-state index contributed by atoms with van der Waals surface area (Å²) in [5.41, 5.74) is 2.42. The van der Waals surface area contributed by atoms with Gasteiger partial charge < -0.3 is 5.32 Å². The van der Waals surface area contributed by atoms with Gasteiger partial charge in [-0.25, -0.2) is 4.98 Å². The first-order valence-electron chi connectivity index (χ1n) is 4.95. The van der Waals surface area contributed by atoms with Crippen molar-refractivity contribution in [2.45, 2.75) is 25.8 Å². The van der Waals surface area contributed by atoms with Gasteiger partial charge in [0.2, 0.25) is 0 Å². The van der Waals surface area contributed by atoms with Crippen LogP contribution in [-0.4, -0.2) is 11.0 Å². The molecule has 1 aromatic heterocycles. The Morgan fingerprint density at radius 1 is 1.43 bits per heavy atom. The number of thiazole rings is 1. The number of rotatable bonds is 2. The molecule has 0 radical (unpaired) electrons. The van der Waals surface area contributed by atoms with Crippen LogP contribution in [0.1, 0.15) is 18.4 Å². The van der Waals surface area contributed by atoms with Crippen LogP contribution in [0.15, 0.2) is 18.2 Å². The van der Waals surface area contributed by atoms with Crippen LogP contribution in [0.3, 0.4) is 0 Å². The highest BCUT2D eigenvalue weighted by Crippen LogP contribution is 2.31. The van der Waals surface area contributed by atoms with Crippen LogP contribution in [0.25, 0.3) is 10.2 Å². The van der Waals surface area contributed by atoms with E-state index in [1.54, 1.807) is 11.3 Å². The van der Waals surface area contributed by atoms with Crippen molar-refractivity contribution in [1.29, 1.82) is 0 Å². The minimum atomic E-state index is 0.691. The third kappa shape index (κ3) is 1.48. The van der Waals surface area contributed by atoms with Crippen molar-refractivity contribution in [3.63, 3.8) is 0 Å². The Hall–Kier alpha value is -1.09. The summed E-state index contributed by atoms with van der Waals surface area (Å²) in [6, 6.07) is 7.10. The molecule has 0 atom stereocenters. The standard InChI is InChI=1S/C11H12N2S/c1-7-2-5-9-10(6-7)14-11(13-9)12-8-3-4-8/h2,5-6,8H,3-4H2,1H3,(H,12,13). The molecule has 0 amide bonds. The van der Waals surface area contributed by atoms with E-state index in [2.05, 4.69) is 35.4 Å². The Morgan fingerprint density at radius 2 is 2.29 bits per heavy atom. The Bertz CT molecular complexity index is 471. The number of nitrogens with one attached hydrogen (secondary N) is 1. The molecule has 14 heavy (non-hydrogen) atoms. The maximum absolute atomic E-state index is 4.54. The van der Waals surface area contributed by atoms with Crippen molar-refractivity contribution in [3.8, 4) is 0 Å². The molecule has 1 aromatic carbocycles. The Labute approximate surface area is 87.0 Å². The first kappa shape index (κ1) is 8.24. The second-order valence-corrected chi connectivity index (χ2v) is 4.94. The van der Waals surface area contributed by atoms with E-state index < -0.39 is 0 Å². The fraction of sp³-hybridized carbons (Fsp3) is 0.364. The topological polar surface area (TPSA) is 24.9 Å². The number of anilines is 1. The molecule has 1 fully saturated rings. The molecule has 0 saturated heterocycles. The number of aromatic nitrogens is 1. The second-order valence-electron chi connectivity index (χ2n) is 3.91. The van der Waals surface area contributed by atoms with Gasteiger partial charge in [-0.1, -0.05) is 17.4 Å². The molecule has 72 valence electrons. The van der Waals surface area contributed by atoms with E-state index in [1.807, 2.05) is 0 Å². The molecule has 2 nitrogen and oxygen atoms in total. The van der Waals surface area contributed by atoms with Crippen molar-refractivity contribution in [3.05, 3.63) is 23.8 Å². The fourth-order valence-electron chi connectivity index (χ4n) is 1.50. The first-order chi connectivity index (χ1) is 6.81. The van der Waals surface area contributed by atoms with Gasteiger partial charge >= 0.3 is 0 Å². The summed E-state index contributed by atoms with van der Waals surface area (Å²) in [6.45, 7) is 2.12. The lowest BCUT2D eigenvalue weighted by Crippen LogP contribution is -1.99. The van der Waals surface area contributed by atoms with E-state index in [1.165, 1.54) is 23.1 Å². The smallest absolute Gasteiger partial charge is 0.184 e. The Balaban J connectivity index is 2.01. The predicted octanol–water partition coefficient (Wildman–Crippen LogP) is 3.18. The number of aryl methyl sites for hydroxylation is 1. The summed E-state index contributed by atoms with van der Waals surface area (Å²) in [7, 11) is 0. The summed E-state index contributed by atoms with van der Waals surface area (Å²) >= 11 is 1.76. The summed E-state index contributed by atoms with van der Waals surface area (Å²) in [5, 5.41) is 4.51. The van der Waals surface area contributed by atoms with Gasteiger partial charge in [0.05, 0.1) is 10.2 Å². The van der Waals surface area contributed by atoms with Crippen molar-refractivity contribution in [2.75, 3.05) is 5.32 Å². The van der Waals surface area contributed by atoms with Gasteiger partial charge in [-0.3, -0.25) is 0 Å². The van der Waals surface area contributed by atoms with E-state index in [4.69, 9.17) is 0 Å². The van der Waals surface area contributed by atoms with E-state index in [9.17, 15) is 0 Å². The van der Waals surface area contributed by atoms with Crippen LogP contribution >= 0.6 is 11.3 Å². The molecule has 0 aliphatic heterocycles. The van der Waals surface area contributed by atoms with E-state index in [0.717, 1.165) is 10.6 Å². The van der Waals surface area contributed by atoms with Crippen LogP contribution in [-0.2, 0) is 0 Å². The quantitative estimate of drug-likeness (QED) is 0.812. The molecule has 1 N–H and O–H groups in total. The Kier molecular flexibility index (Phi) is 1.74. The number of hydrogen-bond acceptors (Lipinski definition) is 3. The van der Waals surface area contributed by atoms with Crippen LogP contribution in [0.2, 0.25) is 0 Å². The van der Waals surface area contributed by atoms with Gasteiger partial charge in [0, 0.05) is 6.04 Å². The van der Waals surface area contributed by atoms with Crippen molar-refractivity contribution in [1.82, 2.24) is 4.98 Å². The zero-order valence-corrected chi connectivity index (χ0v) is 8.90. The number of fused-ring (bicyclic) bond motifs is 1. The normalized spacial score (nSPS) is 16.1. The molecule has 2 aromatic rings. The van der Waals surface area contributed by atoms with E-state index >= 15 is 0 Å². The number of hydrogen-bond donors (Lipinski definition) is 1. The van der Waals surface area contributed by atoms with Crippen LogP contribution in [0.4, 0.5) is 5.13 Å². The maximum Gasteiger partial charge on any atom is 0.184 e. The summed E-state index contributed by atoms with van der Waals surface area (Å²) in [4.78, 5) is 4.54. The van der Waals surface area contributed by atoms with Gasteiger partial charge in [-0.05, 0) is 37.5 Å². The van der Waals surface area contributed by atoms with E-state index in [0.29, 0.717) is 6.04 Å². The Morgan fingerprint density at radius 3 is 3.07 bits per heavy atom. The van der Waals surface area contributed by atoms with Gasteiger partial charge in [-0.2, -0.15) is 0 Å². The lowest BCUT2D eigenvalue weighted by molar-refractivity contribution is 1.14. The minimum Gasteiger partial charge on any atom is -0.359 e. The third-order valence-corrected chi connectivity index (χ3v) is 3.40. The van der Waals surface area contributed by atoms with Gasteiger partial charge in [0.25, 0.3) is 0 Å². The summed E-state index contributed by atoms with van der Waals surface area (Å²) in [6.07, 6.45) is 2.60. The van der Waals surface area contributed by atoms with Crippen LogP contribution in [0, 0.1) is 6.92 Å². The molecule has 1 aliphatic rings. The van der Waals surface area contributed by atoms with Crippen molar-refractivity contribution >= 4 is 26.7 Å². The molecule has 0 spiro atoms. The highest BCUT2D eigenvalue weighted by Gasteiger charge is 2.22. The third-order valence-electron chi connectivity index (χ3n) is 2.45. The average molecular weight is 204 g/mol. The van der Waals surface area contributed by atoms with Gasteiger partial charge in [0.1, 0.15) is 0 Å². The molecule has 1 aliphatic carbocycles. The summed E-state index contributed by atoms with van der Waals surface area (Å²) in [5.74, 6) is 0. The second kappa shape index (κ2) is 2.95. The highest BCUT2D eigenvalue weighted by atomic mass is 32.1. The van der Waals surface area contributed by atoms with E-state index in [-0.39, 0.29) is 0 Å². The number of benzene rings is 1. The predicted molar refractivity (Wildman–Crippen MR) is 61.0 cm³/mol. The lowest BCUT2D eigenvalue weighted by atomic mass is 10.2. The molecule has 3 heteroatoms. The molecule has 0 bridgehead atoms. The molecule has 3 rings (SSSR count). The largest absolute Gasteiger partial charge is 0.359 e. The summed E-state index contributed by atoms with van der Waals surface area (Å²) < 4.78 is 1.29.